The SMILES string of the molecule is Nc1cnccc1-c1nnc2c(Cl)cc(C(F)(F)F)cn12. The van der Waals surface area contributed by atoms with Crippen LogP contribution in [0.1, 0.15) is 5.56 Å². The van der Waals surface area contributed by atoms with Crippen molar-refractivity contribution in [2.24, 2.45) is 0 Å². The van der Waals surface area contributed by atoms with E-state index in [9.17, 15) is 13.2 Å². The Bertz CT molecular complexity index is 827. The van der Waals surface area contributed by atoms with E-state index in [0.29, 0.717) is 5.56 Å². The number of nitrogens with two attached hydrogens (primary N) is 1. The van der Waals surface area contributed by atoms with Crippen molar-refractivity contribution in [1.29, 1.82) is 0 Å². The lowest BCUT2D eigenvalue weighted by Gasteiger charge is -2.09. The first kappa shape index (κ1) is 13.6. The summed E-state index contributed by atoms with van der Waals surface area (Å²) in [5.41, 5.74) is 5.69. The van der Waals surface area contributed by atoms with Gasteiger partial charge in [-0.25, -0.2) is 0 Å². The van der Waals surface area contributed by atoms with Crippen LogP contribution >= 0.6 is 11.6 Å². The number of nitrogen functional groups attached to an aromatic ring is 1. The van der Waals surface area contributed by atoms with Crippen molar-refractivity contribution in [3.8, 4) is 11.4 Å². The van der Waals surface area contributed by atoms with Gasteiger partial charge in [0.1, 0.15) is 0 Å². The van der Waals surface area contributed by atoms with Crippen LogP contribution in [0.4, 0.5) is 18.9 Å². The molecule has 0 aliphatic heterocycles. The van der Waals surface area contributed by atoms with Crippen LogP contribution in [0.5, 0.6) is 0 Å². The monoisotopic (exact) mass is 313 g/mol. The molecule has 3 aromatic rings. The third kappa shape index (κ3) is 2.27. The molecule has 9 heteroatoms. The molecule has 0 amide bonds. The van der Waals surface area contributed by atoms with Crippen LogP contribution in [0.15, 0.2) is 30.7 Å². The number of halogens is 4. The van der Waals surface area contributed by atoms with Gasteiger partial charge in [0.05, 0.1) is 22.5 Å². The van der Waals surface area contributed by atoms with E-state index >= 15 is 0 Å². The van der Waals surface area contributed by atoms with E-state index in [2.05, 4.69) is 15.2 Å². The molecule has 0 saturated heterocycles. The summed E-state index contributed by atoms with van der Waals surface area (Å²) in [6, 6.07) is 2.35. The molecule has 0 atom stereocenters. The zero-order valence-electron chi connectivity index (χ0n) is 10.3. The Labute approximate surface area is 121 Å². The van der Waals surface area contributed by atoms with Crippen LogP contribution in [0, 0.1) is 0 Å². The standard InChI is InChI=1S/C12H7ClF3N5/c13-8-3-6(12(14,15)16)5-21-10(19-20-11(8)21)7-1-2-18-4-9(7)17/h1-5H,17H2. The zero-order chi connectivity index (χ0) is 15.2. The zero-order valence-corrected chi connectivity index (χ0v) is 11.0. The minimum atomic E-state index is -4.52. The predicted molar refractivity (Wildman–Crippen MR) is 70.6 cm³/mol. The molecule has 3 heterocycles. The summed E-state index contributed by atoms with van der Waals surface area (Å²) in [5, 5.41) is 7.52. The highest BCUT2D eigenvalue weighted by molar-refractivity contribution is 6.33. The van der Waals surface area contributed by atoms with Gasteiger partial charge in [0.25, 0.3) is 0 Å². The second-order valence-corrected chi connectivity index (χ2v) is 4.66. The van der Waals surface area contributed by atoms with E-state index in [1.54, 1.807) is 6.07 Å². The number of hydrogen-bond donors (Lipinski definition) is 1. The van der Waals surface area contributed by atoms with Gasteiger partial charge >= 0.3 is 6.18 Å². The van der Waals surface area contributed by atoms with Crippen molar-refractivity contribution in [3.63, 3.8) is 0 Å². The Morgan fingerprint density at radius 2 is 2.00 bits per heavy atom. The molecular weight excluding hydrogens is 307 g/mol. The van der Waals surface area contributed by atoms with Gasteiger partial charge in [-0.2, -0.15) is 13.2 Å². The summed E-state index contributed by atoms with van der Waals surface area (Å²) in [7, 11) is 0. The molecule has 0 fully saturated rings. The first-order valence-corrected chi connectivity index (χ1v) is 6.07. The Kier molecular flexibility index (Phi) is 2.98. The molecule has 0 aliphatic rings. The van der Waals surface area contributed by atoms with Crippen molar-refractivity contribution in [1.82, 2.24) is 19.6 Å². The van der Waals surface area contributed by atoms with Gasteiger partial charge in [-0.05, 0) is 12.1 Å². The average molecular weight is 314 g/mol. The molecule has 0 radical (unpaired) electrons. The van der Waals surface area contributed by atoms with Crippen LogP contribution < -0.4 is 5.73 Å². The van der Waals surface area contributed by atoms with E-state index < -0.39 is 11.7 Å². The van der Waals surface area contributed by atoms with Gasteiger partial charge in [-0.15, -0.1) is 10.2 Å². The molecule has 0 saturated carbocycles. The van der Waals surface area contributed by atoms with Crippen LogP contribution in [0.3, 0.4) is 0 Å². The van der Waals surface area contributed by atoms with Gasteiger partial charge in [0.15, 0.2) is 11.5 Å². The maximum absolute atomic E-state index is 12.9. The molecule has 0 bridgehead atoms. The topological polar surface area (TPSA) is 69.1 Å². The van der Waals surface area contributed by atoms with E-state index in [0.717, 1.165) is 16.7 Å². The minimum Gasteiger partial charge on any atom is -0.397 e. The number of alkyl halides is 3. The van der Waals surface area contributed by atoms with Crippen LogP contribution in [0.25, 0.3) is 17.0 Å². The number of nitrogens with zero attached hydrogens (tertiary/aromatic N) is 4. The maximum atomic E-state index is 12.9. The van der Waals surface area contributed by atoms with Crippen LogP contribution in [0.2, 0.25) is 5.02 Å². The molecule has 3 rings (SSSR count). The highest BCUT2D eigenvalue weighted by Crippen LogP contribution is 2.33. The Balaban J connectivity index is 2.31. The first-order valence-electron chi connectivity index (χ1n) is 5.69. The van der Waals surface area contributed by atoms with Crippen molar-refractivity contribution >= 4 is 22.9 Å². The molecule has 0 aliphatic carbocycles. The molecule has 108 valence electrons. The van der Waals surface area contributed by atoms with Crippen LogP contribution in [-0.2, 0) is 6.18 Å². The van der Waals surface area contributed by atoms with Crippen LogP contribution in [-0.4, -0.2) is 19.6 Å². The second-order valence-electron chi connectivity index (χ2n) is 4.25. The summed E-state index contributed by atoms with van der Waals surface area (Å²) < 4.78 is 39.8. The van der Waals surface area contributed by atoms with Gasteiger partial charge in [0, 0.05) is 18.0 Å². The summed E-state index contributed by atoms with van der Waals surface area (Å²) in [6.45, 7) is 0. The fourth-order valence-electron chi connectivity index (χ4n) is 1.90. The van der Waals surface area contributed by atoms with Crippen molar-refractivity contribution in [3.05, 3.63) is 41.3 Å². The first-order chi connectivity index (χ1) is 9.88. The minimum absolute atomic E-state index is 0.121. The Hall–Kier alpha value is -2.35. The number of rotatable bonds is 1. The number of anilines is 1. The summed E-state index contributed by atoms with van der Waals surface area (Å²) >= 11 is 5.84. The summed E-state index contributed by atoms with van der Waals surface area (Å²) in [6.07, 6.45) is -0.798. The lowest BCUT2D eigenvalue weighted by molar-refractivity contribution is -0.137. The lowest BCUT2D eigenvalue weighted by Crippen LogP contribution is -2.07. The fourth-order valence-corrected chi connectivity index (χ4v) is 2.15. The molecule has 0 unspecified atom stereocenters. The molecule has 0 aromatic carbocycles. The lowest BCUT2D eigenvalue weighted by atomic mass is 10.2. The fraction of sp³-hybridized carbons (Fsp3) is 0.0833. The van der Waals surface area contributed by atoms with E-state index in [4.69, 9.17) is 17.3 Å². The van der Waals surface area contributed by atoms with Crippen molar-refractivity contribution in [2.45, 2.75) is 6.18 Å². The molecule has 2 N–H and O–H groups in total. The number of pyridine rings is 2. The van der Waals surface area contributed by atoms with Gasteiger partial charge in [-0.3, -0.25) is 9.38 Å². The smallest absolute Gasteiger partial charge is 0.397 e. The van der Waals surface area contributed by atoms with E-state index in [1.807, 2.05) is 0 Å². The summed E-state index contributed by atoms with van der Waals surface area (Å²) in [4.78, 5) is 3.82. The molecule has 3 aromatic heterocycles. The van der Waals surface area contributed by atoms with E-state index in [1.165, 1.54) is 12.4 Å². The van der Waals surface area contributed by atoms with Crippen molar-refractivity contribution < 1.29 is 13.2 Å². The predicted octanol–water partition coefficient (Wildman–Crippen LogP) is 3.05. The quantitative estimate of drug-likeness (QED) is 0.749. The molecule has 5 nitrogen and oxygen atoms in total. The number of hydrogen-bond acceptors (Lipinski definition) is 4. The Morgan fingerprint density at radius 3 is 2.67 bits per heavy atom. The third-order valence-electron chi connectivity index (χ3n) is 2.88. The molecule has 21 heavy (non-hydrogen) atoms. The average Bonchev–Trinajstić information content (AvgIpc) is 2.82. The van der Waals surface area contributed by atoms with Gasteiger partial charge in [-0.1, -0.05) is 11.6 Å². The number of fused-ring (bicyclic) bond motifs is 1. The highest BCUT2D eigenvalue weighted by atomic mass is 35.5. The van der Waals surface area contributed by atoms with Gasteiger partial charge < -0.3 is 5.73 Å². The second kappa shape index (κ2) is 4.59. The summed E-state index contributed by atoms with van der Waals surface area (Å²) in [5.74, 6) is 0.165. The van der Waals surface area contributed by atoms with E-state index in [-0.39, 0.29) is 22.2 Å². The highest BCUT2D eigenvalue weighted by Gasteiger charge is 2.32. The van der Waals surface area contributed by atoms with Gasteiger partial charge in [0.2, 0.25) is 0 Å². The Morgan fingerprint density at radius 1 is 1.24 bits per heavy atom. The molecular formula is C12H7ClF3N5. The van der Waals surface area contributed by atoms with Crippen molar-refractivity contribution in [2.75, 3.05) is 5.73 Å². The largest absolute Gasteiger partial charge is 0.417 e. The molecule has 0 spiro atoms. The maximum Gasteiger partial charge on any atom is 0.417 e. The number of aromatic nitrogens is 4. The third-order valence-corrected chi connectivity index (χ3v) is 3.16. The normalized spacial score (nSPS) is 12.0.